The minimum atomic E-state index is -0.528. The predicted molar refractivity (Wildman–Crippen MR) is 274 cm³/mol. The number of aliphatic hydroxyl groups is 1. The van der Waals surface area contributed by atoms with Gasteiger partial charge >= 0.3 is 0 Å². The number of rotatable bonds is 9. The highest BCUT2D eigenvalue weighted by Crippen LogP contribution is 2.40. The van der Waals surface area contributed by atoms with Crippen molar-refractivity contribution in [3.8, 4) is 0 Å². The van der Waals surface area contributed by atoms with Crippen molar-refractivity contribution in [1.29, 1.82) is 0 Å². The number of benzene rings is 5. The molecular formula is C60H80O9. The predicted octanol–water partition coefficient (Wildman–Crippen LogP) is 15.8. The maximum absolute atomic E-state index is 10.3. The second-order valence-corrected chi connectivity index (χ2v) is 19.9. The fourth-order valence-corrected chi connectivity index (χ4v) is 11.3. The summed E-state index contributed by atoms with van der Waals surface area (Å²) in [5, 5.41) is 45.5. The Balaban J connectivity index is 0.000000142. The first kappa shape index (κ1) is 54.1. The van der Waals surface area contributed by atoms with E-state index in [4.69, 9.17) is 25.9 Å². The standard InChI is InChI=1S/4C12H16O2.C12H16O/c13-14-12(9-5-2-6-10-12)11-7-3-1-4-8-11;13-14-12-9-5-4-8-11(12)10-6-2-1-3-7-10;13-14-12-8-4-7-11(9-12)10-5-2-1-3-6-10;13-14-12-8-6-11(7-9-12)10-4-2-1-3-5-10;13-12(9-5-2-6-10-12)11-7-3-1-4-8-11/h1,3-4,7-8,13H,2,5-6,9-10H2;1-3,6-7,11-13H,4-5,8-9H2;1-3,5-6,11-13H,4,7-9H2;1-5,11-13H,6-9H2;1,3-4,7-8,13H,2,5-6,9-10H2. The Morgan fingerprint density at radius 2 is 0.826 bits per heavy atom. The Hall–Kier alpha value is -4.26. The highest BCUT2D eigenvalue weighted by atomic mass is 17.1. The highest BCUT2D eigenvalue weighted by Gasteiger charge is 2.35. The zero-order valence-corrected chi connectivity index (χ0v) is 40.8. The van der Waals surface area contributed by atoms with Gasteiger partial charge in [-0.25, -0.2) is 19.6 Å². The molecule has 5 aliphatic rings. The SMILES string of the molecule is OC1(c2ccccc2)CCCCC1.OOC1(c2ccccc2)CCCCC1.OOC1CCC(c2ccccc2)CC1.OOC1CCCC(c2ccccc2)C1.OOC1CCCCC1c1ccccc1. The third-order valence-corrected chi connectivity index (χ3v) is 15.3. The molecule has 69 heavy (non-hydrogen) atoms. The summed E-state index contributed by atoms with van der Waals surface area (Å²) >= 11 is 0. The summed E-state index contributed by atoms with van der Waals surface area (Å²) in [5.74, 6) is 1.58. The summed E-state index contributed by atoms with van der Waals surface area (Å²) in [6.45, 7) is 0. The van der Waals surface area contributed by atoms with Gasteiger partial charge in [0.2, 0.25) is 0 Å². The van der Waals surface area contributed by atoms with E-state index in [0.717, 1.165) is 127 Å². The van der Waals surface area contributed by atoms with Gasteiger partial charge in [-0.15, -0.1) is 0 Å². The van der Waals surface area contributed by atoms with E-state index in [2.05, 4.69) is 75.3 Å². The van der Waals surface area contributed by atoms with Crippen molar-refractivity contribution in [1.82, 2.24) is 0 Å². The monoisotopic (exact) mass is 945 g/mol. The van der Waals surface area contributed by atoms with Crippen LogP contribution in [0.25, 0.3) is 0 Å². The molecule has 5 N–H and O–H groups in total. The lowest BCUT2D eigenvalue weighted by Gasteiger charge is -2.34. The van der Waals surface area contributed by atoms with E-state index in [1.807, 2.05) is 91.0 Å². The summed E-state index contributed by atoms with van der Waals surface area (Å²) < 4.78 is 0. The average Bonchev–Trinajstić information content (AvgIpc) is 3.45. The molecular weight excluding hydrogens is 865 g/mol. The van der Waals surface area contributed by atoms with Gasteiger partial charge in [0.25, 0.3) is 0 Å². The molecule has 0 bridgehead atoms. The fraction of sp³-hybridized carbons (Fsp3) is 0.500. The van der Waals surface area contributed by atoms with Crippen molar-refractivity contribution >= 4 is 0 Å². The molecule has 5 aromatic rings. The van der Waals surface area contributed by atoms with E-state index < -0.39 is 11.2 Å². The van der Waals surface area contributed by atoms with Crippen LogP contribution in [0.3, 0.4) is 0 Å². The van der Waals surface area contributed by atoms with Crippen LogP contribution >= 0.6 is 0 Å². The van der Waals surface area contributed by atoms with E-state index in [-0.39, 0.29) is 18.3 Å². The summed E-state index contributed by atoms with van der Waals surface area (Å²) in [4.78, 5) is 18.1. The van der Waals surface area contributed by atoms with Gasteiger partial charge in [0.05, 0.1) is 23.9 Å². The summed E-state index contributed by atoms with van der Waals surface area (Å²) in [6, 6.07) is 51.5. The Morgan fingerprint density at radius 1 is 0.362 bits per heavy atom. The Morgan fingerprint density at radius 3 is 1.33 bits per heavy atom. The molecule has 4 unspecified atom stereocenters. The lowest BCUT2D eigenvalue weighted by Crippen LogP contribution is -2.31. The molecule has 0 aromatic heterocycles. The molecule has 374 valence electrons. The molecule has 5 aromatic carbocycles. The quantitative estimate of drug-likeness (QED) is 0.0722. The van der Waals surface area contributed by atoms with Gasteiger partial charge in [-0.1, -0.05) is 209 Å². The molecule has 0 aliphatic heterocycles. The van der Waals surface area contributed by atoms with Crippen LogP contribution in [-0.2, 0) is 30.8 Å². The van der Waals surface area contributed by atoms with Crippen molar-refractivity contribution in [2.45, 2.75) is 189 Å². The van der Waals surface area contributed by atoms with Gasteiger partial charge < -0.3 is 5.11 Å². The minimum absolute atomic E-state index is 0.00819. The first-order valence-electron chi connectivity index (χ1n) is 26.1. The normalized spacial score (nSPS) is 24.9. The Bertz CT molecular complexity index is 2040. The lowest BCUT2D eigenvalue weighted by atomic mass is 9.80. The van der Waals surface area contributed by atoms with Gasteiger partial charge in [0.1, 0.15) is 5.60 Å². The summed E-state index contributed by atoms with van der Waals surface area (Å²) in [6.07, 6.45) is 23.9. The van der Waals surface area contributed by atoms with Crippen LogP contribution in [0.15, 0.2) is 152 Å². The maximum Gasteiger partial charge on any atom is 0.128 e. The van der Waals surface area contributed by atoms with Crippen LogP contribution < -0.4 is 0 Å². The van der Waals surface area contributed by atoms with Crippen LogP contribution in [0.2, 0.25) is 0 Å². The molecule has 10 rings (SSSR count). The molecule has 5 aliphatic carbocycles. The zero-order chi connectivity index (χ0) is 48.4. The third-order valence-electron chi connectivity index (χ3n) is 15.3. The second kappa shape index (κ2) is 29.8. The average molecular weight is 945 g/mol. The molecule has 0 saturated heterocycles. The molecule has 4 atom stereocenters. The van der Waals surface area contributed by atoms with Crippen molar-refractivity contribution in [3.05, 3.63) is 179 Å². The van der Waals surface area contributed by atoms with Crippen molar-refractivity contribution in [2.75, 3.05) is 0 Å². The highest BCUT2D eigenvalue weighted by molar-refractivity contribution is 5.25. The van der Waals surface area contributed by atoms with Crippen molar-refractivity contribution in [2.24, 2.45) is 0 Å². The molecule has 5 saturated carbocycles. The van der Waals surface area contributed by atoms with E-state index in [1.165, 1.54) is 42.4 Å². The first-order valence-corrected chi connectivity index (χ1v) is 26.1. The zero-order valence-electron chi connectivity index (χ0n) is 40.8. The fourth-order valence-electron chi connectivity index (χ4n) is 11.3. The third kappa shape index (κ3) is 16.9. The molecule has 9 heteroatoms. The van der Waals surface area contributed by atoms with Gasteiger partial charge in [-0.3, -0.25) is 21.0 Å². The van der Waals surface area contributed by atoms with Crippen LogP contribution in [0.4, 0.5) is 0 Å². The van der Waals surface area contributed by atoms with Gasteiger partial charge in [-0.05, 0) is 123 Å². The number of hydrogen-bond acceptors (Lipinski definition) is 9. The number of hydrogen-bond donors (Lipinski definition) is 5. The van der Waals surface area contributed by atoms with Crippen LogP contribution in [0.5, 0.6) is 0 Å². The largest absolute Gasteiger partial charge is 0.385 e. The summed E-state index contributed by atoms with van der Waals surface area (Å²) in [5.41, 5.74) is 5.31. The summed E-state index contributed by atoms with van der Waals surface area (Å²) in [7, 11) is 0. The van der Waals surface area contributed by atoms with Crippen molar-refractivity contribution in [3.63, 3.8) is 0 Å². The Kier molecular flexibility index (Phi) is 23.4. The van der Waals surface area contributed by atoms with Crippen LogP contribution in [0, 0.1) is 0 Å². The van der Waals surface area contributed by atoms with E-state index >= 15 is 0 Å². The topological polar surface area (TPSA) is 138 Å². The van der Waals surface area contributed by atoms with E-state index in [1.54, 1.807) is 0 Å². The molecule has 0 spiro atoms. The van der Waals surface area contributed by atoms with E-state index in [9.17, 15) is 5.11 Å². The second-order valence-electron chi connectivity index (χ2n) is 19.9. The first-order chi connectivity index (χ1) is 33.9. The molecule has 9 nitrogen and oxygen atoms in total. The smallest absolute Gasteiger partial charge is 0.128 e. The Labute approximate surface area is 412 Å². The van der Waals surface area contributed by atoms with Crippen LogP contribution in [0.1, 0.15) is 187 Å². The minimum Gasteiger partial charge on any atom is -0.385 e. The molecule has 0 amide bonds. The molecule has 0 radical (unpaired) electrons. The van der Waals surface area contributed by atoms with Crippen LogP contribution in [-0.4, -0.2) is 44.4 Å². The van der Waals surface area contributed by atoms with Gasteiger partial charge in [-0.2, -0.15) is 0 Å². The van der Waals surface area contributed by atoms with Gasteiger partial charge in [0, 0.05) is 5.92 Å². The molecule has 0 heterocycles. The maximum atomic E-state index is 10.3. The van der Waals surface area contributed by atoms with E-state index in [0.29, 0.717) is 17.8 Å². The molecule has 5 fully saturated rings. The van der Waals surface area contributed by atoms with Crippen molar-refractivity contribution < 1.29 is 45.7 Å². The van der Waals surface area contributed by atoms with Gasteiger partial charge in [0.15, 0.2) is 0 Å². The lowest BCUT2D eigenvalue weighted by molar-refractivity contribution is -0.337.